The molecule has 1 heterocycles. The molecule has 0 bridgehead atoms. The highest BCUT2D eigenvalue weighted by Gasteiger charge is 2.27. The van der Waals surface area contributed by atoms with Gasteiger partial charge in [-0.1, -0.05) is 18.2 Å². The van der Waals surface area contributed by atoms with Gasteiger partial charge in [0, 0.05) is 56.9 Å². The maximum Gasteiger partial charge on any atom is 0.422 e. The summed E-state index contributed by atoms with van der Waals surface area (Å²) >= 11 is 0. The highest BCUT2D eigenvalue weighted by atomic mass is 32.2. The molecule has 1 aromatic carbocycles. The lowest BCUT2D eigenvalue weighted by atomic mass is 10.2. The highest BCUT2D eigenvalue weighted by molar-refractivity contribution is 7.87. The first-order chi connectivity index (χ1) is 15.7. The second kappa shape index (κ2) is 12.5. The Morgan fingerprint density at radius 3 is 2.55 bits per heavy atom. The van der Waals surface area contributed by atoms with Gasteiger partial charge < -0.3 is 30.8 Å². The van der Waals surface area contributed by atoms with E-state index in [9.17, 15) is 18.0 Å². The number of benzene rings is 1. The Bertz CT molecular complexity index is 1040. The smallest absolute Gasteiger partial charge is 0.422 e. The van der Waals surface area contributed by atoms with Gasteiger partial charge in [0.25, 0.3) is 0 Å². The lowest BCUT2D eigenvalue weighted by molar-refractivity contribution is -0.121. The average molecular weight is 485 g/mol. The van der Waals surface area contributed by atoms with Crippen molar-refractivity contribution in [1.82, 2.24) is 18.9 Å². The number of aromatic nitrogens is 1. The molecule has 0 fully saturated rings. The van der Waals surface area contributed by atoms with E-state index in [1.807, 2.05) is 35.9 Å². The van der Waals surface area contributed by atoms with E-state index in [2.05, 4.69) is 5.32 Å². The minimum absolute atomic E-state index is 0.0217. The molecule has 1 aromatic heterocycles. The Balaban J connectivity index is 2.30. The van der Waals surface area contributed by atoms with Crippen LogP contribution in [0.1, 0.15) is 12.5 Å². The first-order valence-corrected chi connectivity index (χ1v) is 11.9. The molecule has 0 aliphatic rings. The SMILES string of the molecule is CCNC(=O)Cn1cc(CN(CCOC)S(=O)(=O)NC(=O)OC(CN)CN)c2ccccc21. The maximum absolute atomic E-state index is 12.9. The summed E-state index contributed by atoms with van der Waals surface area (Å²) in [6.45, 7) is 2.36. The fourth-order valence-electron chi connectivity index (χ4n) is 3.19. The van der Waals surface area contributed by atoms with Crippen LogP contribution in [0.2, 0.25) is 0 Å². The molecule has 2 aromatic rings. The van der Waals surface area contributed by atoms with Crippen molar-refractivity contribution in [2.75, 3.05) is 39.9 Å². The van der Waals surface area contributed by atoms with Gasteiger partial charge in [-0.05, 0) is 18.6 Å². The van der Waals surface area contributed by atoms with Crippen LogP contribution in [0.15, 0.2) is 30.5 Å². The zero-order chi connectivity index (χ0) is 24.4. The molecular weight excluding hydrogens is 452 g/mol. The molecule has 0 aliphatic heterocycles. The minimum atomic E-state index is -4.29. The Labute approximate surface area is 193 Å². The van der Waals surface area contributed by atoms with Crippen LogP contribution in [-0.2, 0) is 37.6 Å². The van der Waals surface area contributed by atoms with Crippen molar-refractivity contribution in [2.45, 2.75) is 26.1 Å². The molecule has 12 nitrogen and oxygen atoms in total. The van der Waals surface area contributed by atoms with Gasteiger partial charge in [-0.3, -0.25) is 4.79 Å². The molecule has 33 heavy (non-hydrogen) atoms. The Morgan fingerprint density at radius 2 is 1.91 bits per heavy atom. The van der Waals surface area contributed by atoms with E-state index < -0.39 is 22.4 Å². The number of nitrogens with zero attached hydrogens (tertiary/aromatic N) is 2. The largest absolute Gasteiger partial charge is 0.443 e. The fraction of sp³-hybridized carbons (Fsp3) is 0.500. The topological polar surface area (TPSA) is 171 Å². The molecule has 0 radical (unpaired) electrons. The van der Waals surface area contributed by atoms with Crippen molar-refractivity contribution in [3.63, 3.8) is 0 Å². The number of hydrogen-bond acceptors (Lipinski definition) is 8. The van der Waals surface area contributed by atoms with E-state index >= 15 is 0 Å². The van der Waals surface area contributed by atoms with Crippen LogP contribution in [-0.4, -0.2) is 75.3 Å². The summed E-state index contributed by atoms with van der Waals surface area (Å²) in [6, 6.07) is 7.35. The molecule has 184 valence electrons. The van der Waals surface area contributed by atoms with Gasteiger partial charge in [-0.25, -0.2) is 9.52 Å². The summed E-state index contributed by atoms with van der Waals surface area (Å²) < 4.78 is 40.6. The van der Waals surface area contributed by atoms with Gasteiger partial charge >= 0.3 is 16.3 Å². The van der Waals surface area contributed by atoms with Crippen LogP contribution in [0.25, 0.3) is 10.9 Å². The van der Waals surface area contributed by atoms with E-state index in [-0.39, 0.29) is 45.2 Å². The lowest BCUT2D eigenvalue weighted by Crippen LogP contribution is -2.46. The summed E-state index contributed by atoms with van der Waals surface area (Å²) in [4.78, 5) is 24.2. The van der Waals surface area contributed by atoms with Crippen molar-refractivity contribution in [2.24, 2.45) is 11.5 Å². The predicted octanol–water partition coefficient (Wildman–Crippen LogP) is -0.517. The van der Waals surface area contributed by atoms with Gasteiger partial charge in [0.1, 0.15) is 12.6 Å². The number of likely N-dealkylation sites (N-methyl/N-ethyl adjacent to an activating group) is 1. The molecule has 13 heteroatoms. The standard InChI is InChI=1S/C20H32N6O6S/c1-3-23-19(27)14-25-12-15(17-6-4-5-7-18(17)25)13-26(8-9-31-2)33(29,30)24-20(28)32-16(10-21)11-22/h4-7,12,16H,3,8-11,13-14,21-22H2,1-2H3,(H,23,27)(H,24,28). The molecule has 0 spiro atoms. The number of fused-ring (bicyclic) bond motifs is 1. The number of hydrogen-bond donors (Lipinski definition) is 4. The molecule has 0 atom stereocenters. The molecule has 0 unspecified atom stereocenters. The quantitative estimate of drug-likeness (QED) is 0.294. The summed E-state index contributed by atoms with van der Waals surface area (Å²) in [5, 5.41) is 3.53. The second-order valence-electron chi connectivity index (χ2n) is 7.19. The van der Waals surface area contributed by atoms with E-state index in [0.29, 0.717) is 12.1 Å². The summed E-state index contributed by atoms with van der Waals surface area (Å²) in [5.41, 5.74) is 12.3. The molecule has 6 N–H and O–H groups in total. The Morgan fingerprint density at radius 1 is 1.21 bits per heavy atom. The zero-order valence-corrected chi connectivity index (χ0v) is 19.6. The fourth-order valence-corrected chi connectivity index (χ4v) is 4.20. The van der Waals surface area contributed by atoms with Crippen molar-refractivity contribution in [1.29, 1.82) is 0 Å². The highest BCUT2D eigenvalue weighted by Crippen LogP contribution is 2.23. The van der Waals surface area contributed by atoms with Crippen LogP contribution in [0.5, 0.6) is 0 Å². The number of nitrogens with one attached hydrogen (secondary N) is 2. The minimum Gasteiger partial charge on any atom is -0.443 e. The van der Waals surface area contributed by atoms with Gasteiger partial charge in [0.05, 0.1) is 6.61 Å². The van der Waals surface area contributed by atoms with Gasteiger partial charge in [0.2, 0.25) is 5.91 Å². The molecule has 0 saturated carbocycles. The molecule has 2 rings (SSSR count). The van der Waals surface area contributed by atoms with Gasteiger partial charge in [0.15, 0.2) is 0 Å². The van der Waals surface area contributed by atoms with Crippen molar-refractivity contribution in [3.8, 4) is 0 Å². The monoisotopic (exact) mass is 484 g/mol. The van der Waals surface area contributed by atoms with Crippen LogP contribution in [0.3, 0.4) is 0 Å². The number of nitrogens with two attached hydrogens (primary N) is 2. The third-order valence-electron chi connectivity index (χ3n) is 4.80. The van der Waals surface area contributed by atoms with Crippen molar-refractivity contribution >= 4 is 33.1 Å². The van der Waals surface area contributed by atoms with Crippen LogP contribution < -0.4 is 21.5 Å². The Hall–Kier alpha value is -2.71. The number of para-hydroxylation sites is 1. The number of ether oxygens (including phenoxy) is 2. The Kier molecular flexibility index (Phi) is 10.1. The number of amides is 2. The average Bonchev–Trinajstić information content (AvgIpc) is 3.11. The summed E-state index contributed by atoms with van der Waals surface area (Å²) in [7, 11) is -2.84. The van der Waals surface area contributed by atoms with Crippen LogP contribution in [0.4, 0.5) is 4.79 Å². The normalized spacial score (nSPS) is 11.8. The van der Waals surface area contributed by atoms with E-state index in [4.69, 9.17) is 20.9 Å². The third-order valence-corrected chi connectivity index (χ3v) is 6.22. The molecule has 0 saturated heterocycles. The summed E-state index contributed by atoms with van der Waals surface area (Å²) in [5.74, 6) is -0.160. The van der Waals surface area contributed by atoms with Crippen LogP contribution >= 0.6 is 0 Å². The number of carbonyl (C=O) groups is 2. The number of rotatable bonds is 13. The first kappa shape index (κ1) is 26.5. The van der Waals surface area contributed by atoms with Crippen LogP contribution in [0, 0.1) is 0 Å². The predicted molar refractivity (Wildman–Crippen MR) is 123 cm³/mol. The zero-order valence-electron chi connectivity index (χ0n) is 18.8. The lowest BCUT2D eigenvalue weighted by Gasteiger charge is -2.22. The van der Waals surface area contributed by atoms with E-state index in [1.54, 1.807) is 10.8 Å². The molecular formula is C20H32N6O6S. The maximum atomic E-state index is 12.9. The third kappa shape index (κ3) is 7.40. The number of methoxy groups -OCH3 is 1. The second-order valence-corrected chi connectivity index (χ2v) is 8.86. The number of carbonyl (C=O) groups excluding carboxylic acids is 2. The molecule has 0 aliphatic carbocycles. The van der Waals surface area contributed by atoms with Crippen molar-refractivity contribution in [3.05, 3.63) is 36.0 Å². The first-order valence-electron chi connectivity index (χ1n) is 10.5. The summed E-state index contributed by atoms with van der Waals surface area (Å²) in [6.07, 6.45) is -0.247. The molecule has 2 amide bonds. The van der Waals surface area contributed by atoms with Crippen molar-refractivity contribution < 1.29 is 27.5 Å². The van der Waals surface area contributed by atoms with E-state index in [0.717, 1.165) is 15.2 Å². The van der Waals surface area contributed by atoms with E-state index in [1.165, 1.54) is 7.11 Å². The van der Waals surface area contributed by atoms with Gasteiger partial charge in [-0.2, -0.15) is 12.7 Å². The van der Waals surface area contributed by atoms with Gasteiger partial charge in [-0.15, -0.1) is 0 Å².